The van der Waals surface area contributed by atoms with Gasteiger partial charge in [0.25, 0.3) is 0 Å². The third kappa shape index (κ3) is 4.77. The molecule has 0 bridgehead atoms. The second kappa shape index (κ2) is 9.38. The van der Waals surface area contributed by atoms with E-state index in [1.807, 2.05) is 12.1 Å². The highest BCUT2D eigenvalue weighted by Crippen LogP contribution is 2.29. The molecule has 0 spiro atoms. The van der Waals surface area contributed by atoms with E-state index in [9.17, 15) is 14.7 Å². The van der Waals surface area contributed by atoms with Gasteiger partial charge in [-0.05, 0) is 36.8 Å². The van der Waals surface area contributed by atoms with Crippen LogP contribution in [0, 0.1) is 11.8 Å². The summed E-state index contributed by atoms with van der Waals surface area (Å²) < 4.78 is 0. The van der Waals surface area contributed by atoms with Gasteiger partial charge >= 0.3 is 5.97 Å². The molecule has 2 atom stereocenters. The van der Waals surface area contributed by atoms with Crippen molar-refractivity contribution in [3.63, 3.8) is 0 Å². The maximum atomic E-state index is 12.3. The number of hydrogen-bond acceptors (Lipinski definition) is 3. The third-order valence-corrected chi connectivity index (χ3v) is 5.62. The highest BCUT2D eigenvalue weighted by Gasteiger charge is 2.35. The van der Waals surface area contributed by atoms with Crippen molar-refractivity contribution in [2.75, 3.05) is 13.1 Å². The number of nitrogens with one attached hydrogen (secondary N) is 1. The molecule has 1 aromatic carbocycles. The zero-order valence-corrected chi connectivity index (χ0v) is 16.1. The van der Waals surface area contributed by atoms with Gasteiger partial charge in [0, 0.05) is 31.6 Å². The number of carbonyl (C=O) groups excluding carboxylic acids is 1. The fourth-order valence-electron chi connectivity index (χ4n) is 4.00. The molecular weight excluding hydrogens is 352 g/mol. The lowest BCUT2D eigenvalue weighted by Crippen LogP contribution is -2.45. The first kappa shape index (κ1) is 20.7. The fourth-order valence-corrected chi connectivity index (χ4v) is 4.00. The Morgan fingerprint density at radius 2 is 1.96 bits per heavy atom. The van der Waals surface area contributed by atoms with Gasteiger partial charge < -0.3 is 10.4 Å². The summed E-state index contributed by atoms with van der Waals surface area (Å²) in [5, 5.41) is 12.6. The highest BCUT2D eigenvalue weighted by molar-refractivity contribution is 5.89. The van der Waals surface area contributed by atoms with E-state index >= 15 is 0 Å². The normalized spacial score (nSPS) is 23.1. The second-order valence-corrected chi connectivity index (χ2v) is 7.45. The molecule has 0 aromatic heterocycles. The monoisotopic (exact) mass is 380 g/mol. The number of carboxylic acids is 1. The van der Waals surface area contributed by atoms with Gasteiger partial charge in [0.1, 0.15) is 0 Å². The van der Waals surface area contributed by atoms with E-state index in [4.69, 9.17) is 0 Å². The van der Waals surface area contributed by atoms with Crippen LogP contribution in [0.3, 0.4) is 0 Å². The molecule has 1 aromatic rings. The molecule has 1 aliphatic heterocycles. The van der Waals surface area contributed by atoms with E-state index < -0.39 is 5.97 Å². The number of hydrogen-bond donors (Lipinski definition) is 2. The SMILES string of the molecule is CCC[C@H]1CN(Cc2ccccc2C(=O)O)C[C@@H]1NC(=O)C1CCC1.Cl. The van der Waals surface area contributed by atoms with E-state index in [1.165, 1.54) is 6.42 Å². The molecule has 1 heterocycles. The van der Waals surface area contributed by atoms with Crippen molar-refractivity contribution >= 4 is 24.3 Å². The third-order valence-electron chi connectivity index (χ3n) is 5.62. The lowest BCUT2D eigenvalue weighted by atomic mass is 9.84. The molecule has 26 heavy (non-hydrogen) atoms. The van der Waals surface area contributed by atoms with Crippen LogP contribution >= 0.6 is 12.4 Å². The van der Waals surface area contributed by atoms with Crippen LogP contribution in [0.4, 0.5) is 0 Å². The van der Waals surface area contributed by atoms with Crippen molar-refractivity contribution in [1.82, 2.24) is 10.2 Å². The maximum absolute atomic E-state index is 12.3. The Labute approximate surface area is 161 Å². The predicted octanol–water partition coefficient (Wildman–Crippen LogP) is 3.32. The average Bonchev–Trinajstić information content (AvgIpc) is 2.87. The van der Waals surface area contributed by atoms with Crippen molar-refractivity contribution in [1.29, 1.82) is 0 Å². The summed E-state index contributed by atoms with van der Waals surface area (Å²) in [5.74, 6) is -0.00467. The molecule has 2 N–H and O–H groups in total. The Bertz CT molecular complexity index is 633. The van der Waals surface area contributed by atoms with Crippen LogP contribution in [0.25, 0.3) is 0 Å². The van der Waals surface area contributed by atoms with E-state index in [2.05, 4.69) is 17.1 Å². The Morgan fingerprint density at radius 1 is 1.23 bits per heavy atom. The summed E-state index contributed by atoms with van der Waals surface area (Å²) in [6.45, 7) is 4.51. The molecule has 6 heteroatoms. The minimum absolute atomic E-state index is 0. The summed E-state index contributed by atoms with van der Waals surface area (Å²) >= 11 is 0. The molecule has 3 rings (SSSR count). The van der Waals surface area contributed by atoms with Gasteiger partial charge in [0.2, 0.25) is 5.91 Å². The molecule has 2 aliphatic rings. The lowest BCUT2D eigenvalue weighted by molar-refractivity contribution is -0.128. The zero-order chi connectivity index (χ0) is 17.8. The van der Waals surface area contributed by atoms with E-state index in [1.54, 1.807) is 12.1 Å². The number of amides is 1. The molecular formula is C20H29ClN2O3. The minimum atomic E-state index is -0.880. The van der Waals surface area contributed by atoms with E-state index in [0.717, 1.165) is 44.3 Å². The van der Waals surface area contributed by atoms with Crippen molar-refractivity contribution in [2.24, 2.45) is 11.8 Å². The quantitative estimate of drug-likeness (QED) is 0.761. The lowest BCUT2D eigenvalue weighted by Gasteiger charge is -2.28. The van der Waals surface area contributed by atoms with Gasteiger partial charge in [0.15, 0.2) is 0 Å². The number of rotatable bonds is 7. The van der Waals surface area contributed by atoms with Crippen LogP contribution in [0.2, 0.25) is 0 Å². The number of carbonyl (C=O) groups is 2. The van der Waals surface area contributed by atoms with Crippen molar-refractivity contribution in [3.8, 4) is 0 Å². The zero-order valence-electron chi connectivity index (χ0n) is 15.3. The number of nitrogens with zero attached hydrogens (tertiary/aromatic N) is 1. The summed E-state index contributed by atoms with van der Waals surface area (Å²) in [7, 11) is 0. The smallest absolute Gasteiger partial charge is 0.336 e. The molecule has 1 aliphatic carbocycles. The maximum Gasteiger partial charge on any atom is 0.336 e. The molecule has 144 valence electrons. The van der Waals surface area contributed by atoms with Crippen molar-refractivity contribution < 1.29 is 14.7 Å². The summed E-state index contributed by atoms with van der Waals surface area (Å²) in [6, 6.07) is 7.38. The Kier molecular flexibility index (Phi) is 7.47. The first-order valence-electron chi connectivity index (χ1n) is 9.42. The Balaban J connectivity index is 0.00000243. The van der Waals surface area contributed by atoms with Crippen LogP contribution in [0.15, 0.2) is 24.3 Å². The fraction of sp³-hybridized carbons (Fsp3) is 0.600. The first-order chi connectivity index (χ1) is 12.1. The molecule has 0 radical (unpaired) electrons. The number of halogens is 1. The van der Waals surface area contributed by atoms with Crippen LogP contribution in [0.5, 0.6) is 0 Å². The van der Waals surface area contributed by atoms with Gasteiger partial charge in [-0.3, -0.25) is 9.69 Å². The standard InChI is InChI=1S/C20H28N2O3.ClH/c1-2-6-16-12-22(11-15-7-3-4-10-17(15)20(24)25)13-18(16)21-19(23)14-8-5-9-14;/h3-4,7,10,14,16,18H,2,5-6,8-9,11-13H2,1H3,(H,21,23)(H,24,25);1H/t16-,18-;/m0./s1. The van der Waals surface area contributed by atoms with Gasteiger partial charge in [-0.2, -0.15) is 0 Å². The molecule has 1 amide bonds. The highest BCUT2D eigenvalue weighted by atomic mass is 35.5. The van der Waals surface area contributed by atoms with Crippen LogP contribution in [-0.2, 0) is 11.3 Å². The van der Waals surface area contributed by atoms with Crippen LogP contribution in [0.1, 0.15) is 54.9 Å². The summed E-state index contributed by atoms with van der Waals surface area (Å²) in [6.07, 6.45) is 5.39. The molecule has 1 saturated heterocycles. The molecule has 2 fully saturated rings. The number of aromatic carboxylic acids is 1. The molecule has 5 nitrogen and oxygen atoms in total. The van der Waals surface area contributed by atoms with Crippen LogP contribution < -0.4 is 5.32 Å². The van der Waals surface area contributed by atoms with Gasteiger partial charge in [-0.15, -0.1) is 12.4 Å². The molecule has 0 unspecified atom stereocenters. The largest absolute Gasteiger partial charge is 0.478 e. The topological polar surface area (TPSA) is 69.6 Å². The number of likely N-dealkylation sites (tertiary alicyclic amines) is 1. The number of benzene rings is 1. The van der Waals surface area contributed by atoms with Gasteiger partial charge in [0.05, 0.1) is 5.56 Å². The summed E-state index contributed by atoms with van der Waals surface area (Å²) in [4.78, 5) is 26.0. The van der Waals surface area contributed by atoms with Gasteiger partial charge in [-0.1, -0.05) is 38.0 Å². The average molecular weight is 381 g/mol. The Morgan fingerprint density at radius 3 is 2.58 bits per heavy atom. The van der Waals surface area contributed by atoms with Crippen molar-refractivity contribution in [3.05, 3.63) is 35.4 Å². The van der Waals surface area contributed by atoms with E-state index in [-0.39, 0.29) is 30.3 Å². The molecule has 1 saturated carbocycles. The second-order valence-electron chi connectivity index (χ2n) is 7.45. The van der Waals surface area contributed by atoms with Gasteiger partial charge in [-0.25, -0.2) is 4.79 Å². The first-order valence-corrected chi connectivity index (χ1v) is 9.42. The predicted molar refractivity (Wildman–Crippen MR) is 104 cm³/mol. The Hall–Kier alpha value is -1.59. The number of carboxylic acid groups (broad SMARTS) is 1. The van der Waals surface area contributed by atoms with E-state index in [0.29, 0.717) is 18.0 Å². The minimum Gasteiger partial charge on any atom is -0.478 e. The van der Waals surface area contributed by atoms with Crippen molar-refractivity contribution in [2.45, 2.75) is 51.6 Å². The summed E-state index contributed by atoms with van der Waals surface area (Å²) in [5.41, 5.74) is 1.22. The van der Waals surface area contributed by atoms with Crippen LogP contribution in [-0.4, -0.2) is 41.0 Å².